The molecule has 0 saturated heterocycles. The summed E-state index contributed by atoms with van der Waals surface area (Å²) in [5.74, 6) is 0. The van der Waals surface area contributed by atoms with Gasteiger partial charge in [-0.3, -0.25) is 4.52 Å². The van der Waals surface area contributed by atoms with Crippen LogP contribution in [0.25, 0.3) is 0 Å². The van der Waals surface area contributed by atoms with Crippen LogP contribution in [0.3, 0.4) is 0 Å². The fourth-order valence-corrected chi connectivity index (χ4v) is 0.588. The predicted octanol–water partition coefficient (Wildman–Crippen LogP) is -1.25. The molecule has 7 N–H and O–H groups in total. The summed E-state index contributed by atoms with van der Waals surface area (Å²) in [4.78, 5) is 23.1. The van der Waals surface area contributed by atoms with Gasteiger partial charge in [-0.1, -0.05) is 0 Å². The van der Waals surface area contributed by atoms with E-state index >= 15 is 0 Å². The average molecular weight is 252 g/mol. The first-order chi connectivity index (χ1) is 6.06. The molecule has 9 nitrogen and oxygen atoms in total. The van der Waals surface area contributed by atoms with Crippen LogP contribution in [-0.4, -0.2) is 35.0 Å². The first kappa shape index (κ1) is 16.6. The third-order valence-electron chi connectivity index (χ3n) is 0.564. The van der Waals surface area contributed by atoms with Crippen LogP contribution >= 0.6 is 15.5 Å². The molecule has 0 aliphatic heterocycles. The Morgan fingerprint density at radius 3 is 1.71 bits per heavy atom. The van der Waals surface area contributed by atoms with E-state index in [0.717, 1.165) is 0 Å². The normalized spacial score (nSPS) is 15.3. The highest BCUT2D eigenvalue weighted by Crippen LogP contribution is 2.30. The molecular weight excluding hydrogens is 238 g/mol. The van der Waals surface area contributed by atoms with Crippen molar-refractivity contribution in [1.82, 2.24) is 0 Å². The zero-order valence-electron chi connectivity index (χ0n) is 7.44. The molecule has 1 atom stereocenters. The maximum absolute atomic E-state index is 10.1. The van der Waals surface area contributed by atoms with E-state index in [1.807, 2.05) is 0 Å². The number of rotatable bonds is 4. The highest BCUT2D eigenvalue weighted by Gasteiger charge is 2.08. The van der Waals surface area contributed by atoms with Crippen LogP contribution in [0.4, 0.5) is 0 Å². The third kappa shape index (κ3) is 39.9. The van der Waals surface area contributed by atoms with Crippen molar-refractivity contribution in [1.29, 1.82) is 0 Å². The Hall–Kier alpha value is 0.180. The quantitative estimate of drug-likeness (QED) is 0.303. The molecule has 0 bridgehead atoms. The van der Waals surface area contributed by atoms with Gasteiger partial charge in [-0.2, -0.15) is 0 Å². The lowest BCUT2D eigenvalue weighted by Gasteiger charge is -2.03. The molecule has 0 saturated carbocycles. The molecule has 0 heterocycles. The van der Waals surface area contributed by atoms with Crippen molar-refractivity contribution < 1.29 is 33.1 Å². The smallest absolute Gasteiger partial charge is 0.382 e. The number of methoxy groups -OCH3 is 1. The molecule has 0 spiro atoms. The van der Waals surface area contributed by atoms with Crippen molar-refractivity contribution in [3.05, 3.63) is 0 Å². The second-order valence-electron chi connectivity index (χ2n) is 1.98. The summed E-state index contributed by atoms with van der Waals surface area (Å²) in [7, 11) is -6.45. The molecule has 0 aromatic heterocycles. The van der Waals surface area contributed by atoms with E-state index in [1.165, 1.54) is 7.11 Å². The number of ether oxygens (including phenoxy) is 1. The van der Waals surface area contributed by atoms with Gasteiger partial charge in [0.2, 0.25) is 0 Å². The van der Waals surface area contributed by atoms with Crippen LogP contribution in [-0.2, 0) is 18.4 Å². The highest BCUT2D eigenvalue weighted by molar-refractivity contribution is 7.50. The van der Waals surface area contributed by atoms with E-state index in [4.69, 9.17) is 19.2 Å². The predicted molar refractivity (Wildman–Crippen MR) is 48.1 cm³/mol. The molecule has 0 amide bonds. The summed E-state index contributed by atoms with van der Waals surface area (Å²) in [6.07, 6.45) is 0. The molecule has 0 aromatic rings. The Balaban J connectivity index is 0. The van der Waals surface area contributed by atoms with Crippen LogP contribution in [0, 0.1) is 0 Å². The average Bonchev–Trinajstić information content (AvgIpc) is 1.80. The summed E-state index contributed by atoms with van der Waals surface area (Å²) in [5, 5.41) is 0. The highest BCUT2D eigenvalue weighted by atomic mass is 31.2. The summed E-state index contributed by atoms with van der Waals surface area (Å²) in [6, 6.07) is 0. The maximum Gasteiger partial charge on any atom is 0.400 e. The minimum atomic E-state index is -4.14. The minimum absolute atomic E-state index is 0.0424. The topological polar surface area (TPSA) is 165 Å². The lowest BCUT2D eigenvalue weighted by molar-refractivity contribution is 0.137. The van der Waals surface area contributed by atoms with Crippen molar-refractivity contribution in [2.75, 3.05) is 20.3 Å². The summed E-state index contributed by atoms with van der Waals surface area (Å²) >= 11 is 0. The molecule has 88 valence electrons. The van der Waals surface area contributed by atoms with Crippen LogP contribution in [0.1, 0.15) is 0 Å². The Kier molecular flexibility index (Phi) is 8.86. The molecule has 0 radical (unpaired) electrons. The minimum Gasteiger partial charge on any atom is -0.382 e. The maximum atomic E-state index is 10.1. The zero-order valence-corrected chi connectivity index (χ0v) is 9.23. The van der Waals surface area contributed by atoms with Crippen molar-refractivity contribution in [2.24, 2.45) is 11.0 Å². The number of hydrogen-bond donors (Lipinski definition) is 5. The Morgan fingerprint density at radius 1 is 1.14 bits per heavy atom. The molecule has 11 heteroatoms. The second kappa shape index (κ2) is 7.47. The monoisotopic (exact) mass is 252 g/mol. The number of hydrogen-bond acceptors (Lipinski definition) is 4. The van der Waals surface area contributed by atoms with Gasteiger partial charge in [0.25, 0.3) is 0 Å². The van der Waals surface area contributed by atoms with Gasteiger partial charge in [0.1, 0.15) is 0 Å². The first-order valence-electron chi connectivity index (χ1n) is 3.15. The fraction of sp³-hybridized carbons (Fsp3) is 1.00. The van der Waals surface area contributed by atoms with Gasteiger partial charge in [0.15, 0.2) is 0 Å². The van der Waals surface area contributed by atoms with E-state index in [-0.39, 0.29) is 13.2 Å². The van der Waals surface area contributed by atoms with Crippen molar-refractivity contribution in [3.8, 4) is 0 Å². The molecule has 0 aromatic carbocycles. The van der Waals surface area contributed by atoms with Crippen LogP contribution < -0.4 is 11.0 Å². The van der Waals surface area contributed by atoms with Crippen molar-refractivity contribution >= 4 is 15.5 Å². The van der Waals surface area contributed by atoms with Gasteiger partial charge in [-0.05, 0) is 0 Å². The van der Waals surface area contributed by atoms with Crippen molar-refractivity contribution in [2.45, 2.75) is 0 Å². The lowest BCUT2D eigenvalue weighted by atomic mass is 10.8. The van der Waals surface area contributed by atoms with Crippen LogP contribution in [0.5, 0.6) is 0 Å². The molecule has 14 heavy (non-hydrogen) atoms. The van der Waals surface area contributed by atoms with Crippen LogP contribution in [0.15, 0.2) is 0 Å². The van der Waals surface area contributed by atoms with Gasteiger partial charge >= 0.3 is 15.5 Å². The second-order valence-corrected chi connectivity index (χ2v) is 4.54. The van der Waals surface area contributed by atoms with Gasteiger partial charge in [0, 0.05) is 7.11 Å². The summed E-state index contributed by atoms with van der Waals surface area (Å²) in [5.41, 5.74) is 8.63. The molecule has 0 aliphatic carbocycles. The molecule has 0 rings (SSSR count). The molecule has 0 fully saturated rings. The summed E-state index contributed by atoms with van der Waals surface area (Å²) < 4.78 is 28.0. The zero-order chi connectivity index (χ0) is 11.8. The Morgan fingerprint density at radius 2 is 1.50 bits per heavy atom. The standard InChI is InChI=1S/C3H10NO4P.H4NO3P/c1-7-2-3-8-9(4,5)6;1-5(2,3)4/h2-3H2,1H3,(H3,4,5,6);(H4,1,2,3,4). The Labute approximate surface area is 80.8 Å². The molecule has 0 aliphatic rings. The van der Waals surface area contributed by atoms with E-state index < -0.39 is 15.5 Å². The third-order valence-corrected chi connectivity index (χ3v) is 1.12. The lowest BCUT2D eigenvalue weighted by Crippen LogP contribution is -2.04. The molecule has 1 unspecified atom stereocenters. The first-order valence-corrected chi connectivity index (χ1v) is 6.48. The Bertz CT molecular complexity index is 213. The van der Waals surface area contributed by atoms with Gasteiger partial charge < -0.3 is 19.4 Å². The number of nitrogens with two attached hydrogens (primary N) is 2. The largest absolute Gasteiger partial charge is 0.400 e. The van der Waals surface area contributed by atoms with Gasteiger partial charge in [-0.15, -0.1) is 0 Å². The van der Waals surface area contributed by atoms with Gasteiger partial charge in [0.05, 0.1) is 13.2 Å². The van der Waals surface area contributed by atoms with E-state index in [9.17, 15) is 4.57 Å². The van der Waals surface area contributed by atoms with Crippen LogP contribution in [0.2, 0.25) is 0 Å². The van der Waals surface area contributed by atoms with E-state index in [2.05, 4.69) is 20.3 Å². The van der Waals surface area contributed by atoms with Gasteiger partial charge in [-0.25, -0.2) is 20.1 Å². The SMILES string of the molecule is COCCOP(N)(=O)O.NP(=O)(O)O. The molecular formula is C3H14N2O7P2. The fourth-order valence-electron chi connectivity index (χ4n) is 0.251. The summed E-state index contributed by atoms with van der Waals surface area (Å²) in [6.45, 7) is 0.308. The van der Waals surface area contributed by atoms with E-state index in [1.54, 1.807) is 0 Å². The van der Waals surface area contributed by atoms with Crippen molar-refractivity contribution in [3.63, 3.8) is 0 Å². The van der Waals surface area contributed by atoms with E-state index in [0.29, 0.717) is 0 Å².